The predicted octanol–water partition coefficient (Wildman–Crippen LogP) is 1.91. The van der Waals surface area contributed by atoms with Gasteiger partial charge in [-0.15, -0.1) is 0 Å². The molecule has 1 heterocycles. The molecule has 0 spiro atoms. The topological polar surface area (TPSA) is 80.0 Å². The summed E-state index contributed by atoms with van der Waals surface area (Å²) in [4.78, 5) is 16.2. The van der Waals surface area contributed by atoms with Gasteiger partial charge in [-0.2, -0.15) is 5.10 Å². The highest BCUT2D eigenvalue weighted by Gasteiger charge is 2.11. The molecule has 0 aliphatic rings. The van der Waals surface area contributed by atoms with Crippen molar-refractivity contribution in [1.29, 1.82) is 0 Å². The molecule has 3 rings (SSSR count). The van der Waals surface area contributed by atoms with Crippen molar-refractivity contribution in [2.45, 2.75) is 19.4 Å². The molecule has 0 saturated carbocycles. The van der Waals surface area contributed by atoms with E-state index in [9.17, 15) is 9.90 Å². The van der Waals surface area contributed by atoms with E-state index in [0.717, 1.165) is 16.8 Å². The lowest BCUT2D eigenvalue weighted by molar-refractivity contribution is 0.0916. The van der Waals surface area contributed by atoms with Crippen LogP contribution in [0.25, 0.3) is 5.69 Å². The third kappa shape index (κ3) is 4.30. The molecule has 3 aromatic rings. The van der Waals surface area contributed by atoms with Crippen molar-refractivity contribution in [1.82, 2.24) is 20.1 Å². The summed E-state index contributed by atoms with van der Waals surface area (Å²) >= 11 is 0. The van der Waals surface area contributed by atoms with Gasteiger partial charge < -0.3 is 10.4 Å². The highest BCUT2D eigenvalue weighted by atomic mass is 16.3. The molecule has 1 amide bonds. The first-order valence-corrected chi connectivity index (χ1v) is 8.09. The van der Waals surface area contributed by atoms with Crippen LogP contribution in [0.3, 0.4) is 0 Å². The molecule has 1 atom stereocenters. The number of carbonyl (C=O) groups is 1. The summed E-state index contributed by atoms with van der Waals surface area (Å²) < 4.78 is 1.65. The molecule has 2 N–H and O–H groups in total. The van der Waals surface area contributed by atoms with E-state index in [4.69, 9.17) is 0 Å². The minimum atomic E-state index is -0.623. The molecule has 0 saturated heterocycles. The van der Waals surface area contributed by atoms with Crippen molar-refractivity contribution in [2.24, 2.45) is 0 Å². The lowest BCUT2D eigenvalue weighted by atomic mass is 10.1. The van der Waals surface area contributed by atoms with Crippen molar-refractivity contribution in [2.75, 3.05) is 6.54 Å². The average molecular weight is 336 g/mol. The van der Waals surface area contributed by atoms with Gasteiger partial charge in [-0.1, -0.05) is 30.3 Å². The van der Waals surface area contributed by atoms with Crippen molar-refractivity contribution in [3.8, 4) is 5.69 Å². The van der Waals surface area contributed by atoms with Crippen LogP contribution < -0.4 is 5.32 Å². The highest BCUT2D eigenvalue weighted by molar-refractivity contribution is 5.94. The van der Waals surface area contributed by atoms with Crippen molar-refractivity contribution in [3.05, 3.63) is 77.9 Å². The largest absolute Gasteiger partial charge is 0.391 e. The molecule has 128 valence electrons. The van der Waals surface area contributed by atoms with Crippen LogP contribution in [-0.2, 0) is 6.42 Å². The zero-order chi connectivity index (χ0) is 17.6. The minimum absolute atomic E-state index is 0.206. The maximum Gasteiger partial charge on any atom is 0.251 e. The number of rotatable bonds is 6. The number of aliphatic hydroxyl groups is 1. The Morgan fingerprint density at radius 1 is 1.24 bits per heavy atom. The number of aliphatic hydroxyl groups excluding tert-OH is 1. The Morgan fingerprint density at radius 3 is 2.72 bits per heavy atom. The predicted molar refractivity (Wildman–Crippen MR) is 94.6 cm³/mol. The second-order valence-electron chi connectivity index (χ2n) is 5.89. The molecule has 0 bridgehead atoms. The lowest BCUT2D eigenvalue weighted by Gasteiger charge is -2.13. The maximum absolute atomic E-state index is 12.3. The standard InChI is InChI=1S/C19H20N4O2/c1-14-9-16(7-8-18(14)23-13-20-12-22-23)19(25)21-11-17(24)10-15-5-3-2-4-6-15/h2-9,12-13,17,24H,10-11H2,1H3,(H,21,25). The van der Waals surface area contributed by atoms with Gasteiger partial charge in [0, 0.05) is 18.5 Å². The van der Waals surface area contributed by atoms with Crippen LogP contribution in [0.15, 0.2) is 61.2 Å². The molecule has 0 aliphatic carbocycles. The summed E-state index contributed by atoms with van der Waals surface area (Å²) in [6, 6.07) is 15.1. The highest BCUT2D eigenvalue weighted by Crippen LogP contribution is 2.14. The number of amides is 1. The van der Waals surface area contributed by atoms with Gasteiger partial charge in [0.1, 0.15) is 12.7 Å². The minimum Gasteiger partial charge on any atom is -0.391 e. The van der Waals surface area contributed by atoms with E-state index in [0.29, 0.717) is 12.0 Å². The normalized spacial score (nSPS) is 11.9. The summed E-state index contributed by atoms with van der Waals surface area (Å²) in [6.45, 7) is 2.12. The number of benzene rings is 2. The molecule has 0 aliphatic heterocycles. The third-order valence-corrected chi connectivity index (χ3v) is 3.94. The number of nitrogens with one attached hydrogen (secondary N) is 1. The van der Waals surface area contributed by atoms with Gasteiger partial charge in [0.05, 0.1) is 11.8 Å². The molecular formula is C19H20N4O2. The van der Waals surface area contributed by atoms with Gasteiger partial charge in [-0.25, -0.2) is 9.67 Å². The number of hydrogen-bond donors (Lipinski definition) is 2. The molecule has 6 heteroatoms. The van der Waals surface area contributed by atoms with Crippen LogP contribution in [0.5, 0.6) is 0 Å². The second-order valence-corrected chi connectivity index (χ2v) is 5.89. The molecule has 1 aromatic heterocycles. The maximum atomic E-state index is 12.3. The fourth-order valence-corrected chi connectivity index (χ4v) is 2.66. The van der Waals surface area contributed by atoms with Crippen LogP contribution in [0.2, 0.25) is 0 Å². The van der Waals surface area contributed by atoms with Gasteiger partial charge in [-0.3, -0.25) is 4.79 Å². The molecular weight excluding hydrogens is 316 g/mol. The Morgan fingerprint density at radius 2 is 2.04 bits per heavy atom. The van der Waals surface area contributed by atoms with Gasteiger partial charge in [0.2, 0.25) is 0 Å². The van der Waals surface area contributed by atoms with Gasteiger partial charge in [-0.05, 0) is 36.2 Å². The number of carbonyl (C=O) groups excluding carboxylic acids is 1. The second kappa shape index (κ2) is 7.72. The Labute approximate surface area is 146 Å². The first-order chi connectivity index (χ1) is 12.1. The van der Waals surface area contributed by atoms with Gasteiger partial charge in [0.15, 0.2) is 0 Å². The van der Waals surface area contributed by atoms with E-state index in [2.05, 4.69) is 15.4 Å². The molecule has 0 fully saturated rings. The summed E-state index contributed by atoms with van der Waals surface area (Å²) in [5, 5.41) is 17.0. The number of hydrogen-bond acceptors (Lipinski definition) is 4. The van der Waals surface area contributed by atoms with E-state index in [1.165, 1.54) is 6.33 Å². The smallest absolute Gasteiger partial charge is 0.251 e. The quantitative estimate of drug-likeness (QED) is 0.721. The van der Waals surface area contributed by atoms with E-state index < -0.39 is 6.10 Å². The van der Waals surface area contributed by atoms with Crippen LogP contribution in [0.4, 0.5) is 0 Å². The van der Waals surface area contributed by atoms with E-state index >= 15 is 0 Å². The van der Waals surface area contributed by atoms with E-state index in [1.807, 2.05) is 43.3 Å². The van der Waals surface area contributed by atoms with Crippen LogP contribution in [0.1, 0.15) is 21.5 Å². The van der Waals surface area contributed by atoms with Crippen LogP contribution in [-0.4, -0.2) is 38.4 Å². The first-order valence-electron chi connectivity index (χ1n) is 8.09. The van der Waals surface area contributed by atoms with Crippen molar-refractivity contribution in [3.63, 3.8) is 0 Å². The molecule has 1 unspecified atom stereocenters. The summed E-state index contributed by atoms with van der Waals surface area (Å²) in [6.07, 6.45) is 2.96. The molecule has 6 nitrogen and oxygen atoms in total. The summed E-state index contributed by atoms with van der Waals surface area (Å²) in [5.41, 5.74) is 3.38. The van der Waals surface area contributed by atoms with Crippen molar-refractivity contribution < 1.29 is 9.90 Å². The Kier molecular flexibility index (Phi) is 5.20. The molecule has 2 aromatic carbocycles. The third-order valence-electron chi connectivity index (χ3n) is 3.94. The van der Waals surface area contributed by atoms with E-state index in [1.54, 1.807) is 23.1 Å². The molecule has 0 radical (unpaired) electrons. The number of aryl methyl sites for hydroxylation is 1. The van der Waals surface area contributed by atoms with Crippen LogP contribution >= 0.6 is 0 Å². The van der Waals surface area contributed by atoms with Gasteiger partial charge in [0.25, 0.3) is 5.91 Å². The Balaban J connectivity index is 1.59. The monoisotopic (exact) mass is 336 g/mol. The average Bonchev–Trinajstić information content (AvgIpc) is 3.15. The first kappa shape index (κ1) is 16.9. The molecule has 25 heavy (non-hydrogen) atoms. The fourth-order valence-electron chi connectivity index (χ4n) is 2.66. The SMILES string of the molecule is Cc1cc(C(=O)NCC(O)Cc2ccccc2)ccc1-n1cncn1. The van der Waals surface area contributed by atoms with E-state index in [-0.39, 0.29) is 12.5 Å². The lowest BCUT2D eigenvalue weighted by Crippen LogP contribution is -2.33. The number of aromatic nitrogens is 3. The fraction of sp³-hybridized carbons (Fsp3) is 0.211. The Bertz CT molecular complexity index is 832. The van der Waals surface area contributed by atoms with Gasteiger partial charge >= 0.3 is 0 Å². The zero-order valence-corrected chi connectivity index (χ0v) is 14.0. The zero-order valence-electron chi connectivity index (χ0n) is 14.0. The van der Waals surface area contributed by atoms with Crippen LogP contribution in [0, 0.1) is 6.92 Å². The summed E-state index contributed by atoms with van der Waals surface area (Å²) in [5.74, 6) is -0.208. The Hall–Kier alpha value is -2.99. The summed E-state index contributed by atoms with van der Waals surface area (Å²) in [7, 11) is 0. The van der Waals surface area contributed by atoms with Crippen molar-refractivity contribution >= 4 is 5.91 Å². The number of nitrogens with zero attached hydrogens (tertiary/aromatic N) is 3.